The first-order chi connectivity index (χ1) is 7.81. The summed E-state index contributed by atoms with van der Waals surface area (Å²) in [6.07, 6.45) is 0.749. The maximum absolute atomic E-state index is 11.3. The van der Waals surface area contributed by atoms with Crippen LogP contribution < -0.4 is 10.1 Å². The molecule has 0 fully saturated rings. The molecule has 80 valence electrons. The Bertz CT molecular complexity index is 529. The summed E-state index contributed by atoms with van der Waals surface area (Å²) in [6.45, 7) is 3.39. The maximum atomic E-state index is 11.3. The number of fused-ring (bicyclic) bond motifs is 1. The zero-order valence-electron chi connectivity index (χ0n) is 8.64. The van der Waals surface area contributed by atoms with Crippen LogP contribution in [0.3, 0.4) is 0 Å². The molecule has 2 aromatic rings. The predicted octanol–water partition coefficient (Wildman–Crippen LogP) is 3.07. The largest absolute Gasteiger partial charge is 0.416 e. The highest BCUT2D eigenvalue weighted by Crippen LogP contribution is 2.24. The van der Waals surface area contributed by atoms with E-state index in [2.05, 4.69) is 11.9 Å². The lowest BCUT2D eigenvalue weighted by atomic mass is 10.1. The van der Waals surface area contributed by atoms with E-state index in [1.165, 1.54) is 6.20 Å². The molecule has 0 unspecified atom stereocenters. The third-order valence-corrected chi connectivity index (χ3v) is 2.17. The van der Waals surface area contributed by atoms with Gasteiger partial charge in [-0.1, -0.05) is 43.0 Å². The van der Waals surface area contributed by atoms with Crippen molar-refractivity contribution >= 4 is 16.9 Å². The second kappa shape index (κ2) is 4.49. The van der Waals surface area contributed by atoms with E-state index in [1.807, 2.05) is 36.4 Å². The van der Waals surface area contributed by atoms with Crippen molar-refractivity contribution in [3.05, 3.63) is 55.2 Å². The van der Waals surface area contributed by atoms with Gasteiger partial charge in [0.05, 0.1) is 0 Å². The predicted molar refractivity (Wildman–Crippen MR) is 63.3 cm³/mol. The molecular weight excluding hydrogens is 202 g/mol. The molecule has 0 saturated heterocycles. The van der Waals surface area contributed by atoms with E-state index < -0.39 is 6.09 Å². The molecule has 0 aliphatic rings. The average molecular weight is 213 g/mol. The van der Waals surface area contributed by atoms with Crippen molar-refractivity contribution < 1.29 is 9.53 Å². The van der Waals surface area contributed by atoms with Crippen molar-refractivity contribution in [1.29, 1.82) is 0 Å². The molecule has 0 aliphatic heterocycles. The van der Waals surface area contributed by atoms with Crippen molar-refractivity contribution in [1.82, 2.24) is 5.32 Å². The van der Waals surface area contributed by atoms with E-state index in [4.69, 9.17) is 4.74 Å². The third kappa shape index (κ3) is 2.03. The van der Waals surface area contributed by atoms with Gasteiger partial charge in [-0.3, -0.25) is 5.32 Å². The van der Waals surface area contributed by atoms with Gasteiger partial charge < -0.3 is 4.74 Å². The molecule has 3 nitrogen and oxygen atoms in total. The lowest BCUT2D eigenvalue weighted by Gasteiger charge is -2.06. The van der Waals surface area contributed by atoms with E-state index in [9.17, 15) is 4.79 Å². The Hall–Kier alpha value is -2.29. The normalized spacial score (nSPS) is 9.75. The van der Waals surface area contributed by atoms with Crippen LogP contribution in [-0.4, -0.2) is 6.09 Å². The van der Waals surface area contributed by atoms with Gasteiger partial charge in [0, 0.05) is 5.39 Å². The summed E-state index contributed by atoms with van der Waals surface area (Å²) in [5.74, 6) is 0.539. The van der Waals surface area contributed by atoms with Crippen LogP contribution in [0.2, 0.25) is 0 Å². The molecule has 1 amide bonds. The summed E-state index contributed by atoms with van der Waals surface area (Å²) in [4.78, 5) is 11.3. The van der Waals surface area contributed by atoms with Crippen molar-refractivity contribution in [2.75, 3.05) is 0 Å². The van der Waals surface area contributed by atoms with Gasteiger partial charge in [-0.05, 0) is 17.7 Å². The molecule has 0 aromatic heterocycles. The van der Waals surface area contributed by atoms with Gasteiger partial charge in [0.25, 0.3) is 0 Å². The smallest absolute Gasteiger partial charge is 0.409 e. The Labute approximate surface area is 93.3 Å². The fourth-order valence-electron chi connectivity index (χ4n) is 1.50. The van der Waals surface area contributed by atoms with Crippen molar-refractivity contribution in [2.45, 2.75) is 0 Å². The highest BCUT2D eigenvalue weighted by atomic mass is 16.6. The van der Waals surface area contributed by atoms with Crippen LogP contribution >= 0.6 is 0 Å². The van der Waals surface area contributed by atoms with Gasteiger partial charge in [-0.25, -0.2) is 4.79 Å². The number of rotatable bonds is 2. The summed E-state index contributed by atoms with van der Waals surface area (Å²) in [7, 11) is 0. The molecule has 0 spiro atoms. The van der Waals surface area contributed by atoms with E-state index in [0.717, 1.165) is 10.8 Å². The third-order valence-electron chi connectivity index (χ3n) is 2.17. The number of hydrogen-bond acceptors (Lipinski definition) is 2. The Morgan fingerprint density at radius 1 is 1.19 bits per heavy atom. The van der Waals surface area contributed by atoms with Gasteiger partial charge >= 0.3 is 6.09 Å². The van der Waals surface area contributed by atoms with Gasteiger partial charge in [0.1, 0.15) is 5.75 Å². The first-order valence-electron chi connectivity index (χ1n) is 4.88. The zero-order valence-corrected chi connectivity index (χ0v) is 8.64. The molecule has 0 heterocycles. The zero-order chi connectivity index (χ0) is 11.4. The molecule has 0 saturated carbocycles. The summed E-state index contributed by atoms with van der Waals surface area (Å²) in [5, 5.41) is 4.30. The summed E-state index contributed by atoms with van der Waals surface area (Å²) in [5.41, 5.74) is 0. The molecule has 0 bridgehead atoms. The average Bonchev–Trinajstić information content (AvgIpc) is 2.30. The number of nitrogens with one attached hydrogen (secondary N) is 1. The highest BCUT2D eigenvalue weighted by Gasteiger charge is 2.05. The lowest BCUT2D eigenvalue weighted by Crippen LogP contribution is -2.21. The van der Waals surface area contributed by atoms with Gasteiger partial charge in [0.2, 0.25) is 0 Å². The number of carbonyl (C=O) groups is 1. The topological polar surface area (TPSA) is 38.3 Å². The van der Waals surface area contributed by atoms with E-state index in [0.29, 0.717) is 5.75 Å². The van der Waals surface area contributed by atoms with Crippen LogP contribution in [0.25, 0.3) is 10.8 Å². The molecule has 2 aromatic carbocycles. The first-order valence-corrected chi connectivity index (χ1v) is 4.88. The Morgan fingerprint density at radius 3 is 2.75 bits per heavy atom. The summed E-state index contributed by atoms with van der Waals surface area (Å²) in [6, 6.07) is 13.3. The van der Waals surface area contributed by atoms with Crippen LogP contribution in [-0.2, 0) is 0 Å². The molecule has 1 N–H and O–H groups in total. The van der Waals surface area contributed by atoms with Crippen LogP contribution in [0.5, 0.6) is 5.75 Å². The minimum absolute atomic E-state index is 0.536. The number of carbonyl (C=O) groups excluding carboxylic acids is 1. The summed E-state index contributed by atoms with van der Waals surface area (Å²) >= 11 is 0. The molecule has 0 atom stereocenters. The molecular formula is C13H11NO2. The molecule has 16 heavy (non-hydrogen) atoms. The summed E-state index contributed by atoms with van der Waals surface area (Å²) < 4.78 is 5.15. The van der Waals surface area contributed by atoms with Crippen LogP contribution in [0, 0.1) is 0 Å². The SMILES string of the molecule is C=CNC(=O)Oc1cccc2ccccc12. The molecule has 0 aliphatic carbocycles. The number of amides is 1. The van der Waals surface area contributed by atoms with Crippen LogP contribution in [0.15, 0.2) is 55.2 Å². The van der Waals surface area contributed by atoms with E-state index in [1.54, 1.807) is 6.07 Å². The quantitative estimate of drug-likeness (QED) is 0.832. The van der Waals surface area contributed by atoms with Crippen molar-refractivity contribution in [3.8, 4) is 5.75 Å². The number of benzene rings is 2. The number of hydrogen-bond donors (Lipinski definition) is 1. The first kappa shape index (κ1) is 10.2. The Morgan fingerprint density at radius 2 is 1.94 bits per heavy atom. The van der Waals surface area contributed by atoms with E-state index in [-0.39, 0.29) is 0 Å². The molecule has 2 rings (SSSR count). The minimum Gasteiger partial charge on any atom is -0.409 e. The van der Waals surface area contributed by atoms with Crippen LogP contribution in [0.4, 0.5) is 4.79 Å². The monoisotopic (exact) mass is 213 g/mol. The van der Waals surface area contributed by atoms with E-state index >= 15 is 0 Å². The number of ether oxygens (including phenoxy) is 1. The van der Waals surface area contributed by atoms with Gasteiger partial charge in [0.15, 0.2) is 0 Å². The molecule has 0 radical (unpaired) electrons. The second-order valence-corrected chi connectivity index (χ2v) is 3.22. The minimum atomic E-state index is -0.536. The molecule has 3 heteroatoms. The van der Waals surface area contributed by atoms with Crippen molar-refractivity contribution in [2.24, 2.45) is 0 Å². The fourth-order valence-corrected chi connectivity index (χ4v) is 1.50. The lowest BCUT2D eigenvalue weighted by molar-refractivity contribution is 0.205. The standard InChI is InChI=1S/C13H11NO2/c1-2-14-13(15)16-12-9-5-7-10-6-3-4-8-11(10)12/h2-9H,1H2,(H,14,15). The Balaban J connectivity index is 2.37. The maximum Gasteiger partial charge on any atom is 0.416 e. The van der Waals surface area contributed by atoms with Crippen molar-refractivity contribution in [3.63, 3.8) is 0 Å². The van der Waals surface area contributed by atoms with Gasteiger partial charge in [-0.15, -0.1) is 0 Å². The highest BCUT2D eigenvalue weighted by molar-refractivity contribution is 5.90. The fraction of sp³-hybridized carbons (Fsp3) is 0. The van der Waals surface area contributed by atoms with Crippen LogP contribution in [0.1, 0.15) is 0 Å². The Kier molecular flexibility index (Phi) is 2.87. The second-order valence-electron chi connectivity index (χ2n) is 3.22. The van der Waals surface area contributed by atoms with Gasteiger partial charge in [-0.2, -0.15) is 0 Å².